The minimum atomic E-state index is -0.537. The second kappa shape index (κ2) is 6.97. The van der Waals surface area contributed by atoms with Gasteiger partial charge in [-0.15, -0.1) is 0 Å². The van der Waals surface area contributed by atoms with E-state index in [1.165, 1.54) is 0 Å². The molecule has 5 heteroatoms. The van der Waals surface area contributed by atoms with E-state index in [1.54, 1.807) is 12.1 Å². The van der Waals surface area contributed by atoms with Crippen LogP contribution in [-0.2, 0) is 0 Å². The monoisotopic (exact) mass is 318 g/mol. The molecule has 0 saturated carbocycles. The van der Waals surface area contributed by atoms with Crippen LogP contribution in [0.3, 0.4) is 0 Å². The Bertz CT molecular complexity index is 444. The molecule has 2 rings (SSSR count). The fourth-order valence-electron chi connectivity index (χ4n) is 2.79. The van der Waals surface area contributed by atoms with E-state index in [-0.39, 0.29) is 10.0 Å². The molecule has 1 saturated heterocycles. The number of rotatable bonds is 4. The number of piperazine rings is 1. The molecule has 1 aromatic carbocycles. The average molecular weight is 319 g/mol. The van der Waals surface area contributed by atoms with Crippen molar-refractivity contribution >= 4 is 28.9 Å². The first-order valence-corrected chi connectivity index (χ1v) is 7.97. The zero-order valence-corrected chi connectivity index (χ0v) is 13.4. The van der Waals surface area contributed by atoms with Crippen LogP contribution in [0.1, 0.15) is 33.1 Å². The first-order valence-electron chi connectivity index (χ1n) is 7.21. The Morgan fingerprint density at radius 1 is 1.30 bits per heavy atom. The van der Waals surface area contributed by atoms with E-state index < -0.39 is 5.82 Å². The molecule has 1 aliphatic heterocycles. The molecule has 0 bridgehead atoms. The van der Waals surface area contributed by atoms with E-state index in [2.05, 4.69) is 24.1 Å². The molecule has 1 fully saturated rings. The molecule has 1 heterocycles. The van der Waals surface area contributed by atoms with Crippen LogP contribution in [0.15, 0.2) is 12.1 Å². The average Bonchev–Trinajstić information content (AvgIpc) is 2.44. The van der Waals surface area contributed by atoms with Crippen molar-refractivity contribution in [3.63, 3.8) is 0 Å². The highest BCUT2D eigenvalue weighted by Crippen LogP contribution is 2.31. The van der Waals surface area contributed by atoms with Gasteiger partial charge in [0.05, 0.1) is 10.0 Å². The van der Waals surface area contributed by atoms with Gasteiger partial charge in [-0.3, -0.25) is 0 Å². The van der Waals surface area contributed by atoms with E-state index >= 15 is 0 Å². The van der Waals surface area contributed by atoms with Gasteiger partial charge in [-0.25, -0.2) is 4.39 Å². The Kier molecular flexibility index (Phi) is 5.53. The van der Waals surface area contributed by atoms with Crippen LogP contribution in [-0.4, -0.2) is 25.2 Å². The Hall–Kier alpha value is -0.510. The predicted molar refractivity (Wildman–Crippen MR) is 84.5 cm³/mol. The topological polar surface area (TPSA) is 15.3 Å². The minimum Gasteiger partial charge on any atom is -0.366 e. The highest BCUT2D eigenvalue weighted by atomic mass is 35.5. The smallest absolute Gasteiger partial charge is 0.160 e. The van der Waals surface area contributed by atoms with Crippen molar-refractivity contribution in [3.05, 3.63) is 28.0 Å². The van der Waals surface area contributed by atoms with Crippen LogP contribution in [0.4, 0.5) is 10.1 Å². The normalized spacial score (nSPS) is 23.1. The molecule has 20 heavy (non-hydrogen) atoms. The van der Waals surface area contributed by atoms with Gasteiger partial charge in [0.15, 0.2) is 5.82 Å². The third-order valence-electron chi connectivity index (χ3n) is 3.91. The first kappa shape index (κ1) is 15.9. The lowest BCUT2D eigenvalue weighted by molar-refractivity contribution is 0.369. The van der Waals surface area contributed by atoms with Crippen LogP contribution in [0.25, 0.3) is 0 Å². The molecule has 0 spiro atoms. The van der Waals surface area contributed by atoms with E-state index in [0.29, 0.717) is 12.1 Å². The molecule has 0 amide bonds. The van der Waals surface area contributed by atoms with Crippen LogP contribution in [0.5, 0.6) is 0 Å². The number of hydrogen-bond donors (Lipinski definition) is 1. The Morgan fingerprint density at radius 2 is 1.95 bits per heavy atom. The Morgan fingerprint density at radius 3 is 2.50 bits per heavy atom. The zero-order valence-electron chi connectivity index (χ0n) is 11.9. The van der Waals surface area contributed by atoms with E-state index in [9.17, 15) is 4.39 Å². The highest BCUT2D eigenvalue weighted by Gasteiger charge is 2.27. The van der Waals surface area contributed by atoms with Crippen molar-refractivity contribution in [2.24, 2.45) is 0 Å². The molecule has 0 aromatic heterocycles. The standard InChI is InChI=1S/C15H21Cl2FN2/c1-3-5-10-9-20(11(4-2)8-19-10)12-6-13(16)15(18)14(17)7-12/h6-7,10-11,19H,3-5,8-9H2,1-2H3. The molecule has 1 aliphatic rings. The van der Waals surface area contributed by atoms with Gasteiger partial charge in [0.25, 0.3) is 0 Å². The van der Waals surface area contributed by atoms with Gasteiger partial charge < -0.3 is 10.2 Å². The summed E-state index contributed by atoms with van der Waals surface area (Å²) in [6, 6.07) is 4.21. The lowest BCUT2D eigenvalue weighted by Gasteiger charge is -2.42. The van der Waals surface area contributed by atoms with Gasteiger partial charge in [-0.05, 0) is 25.0 Å². The summed E-state index contributed by atoms with van der Waals surface area (Å²) in [5, 5.41) is 3.76. The number of nitrogens with zero attached hydrogens (tertiary/aromatic N) is 1. The summed E-state index contributed by atoms with van der Waals surface area (Å²) in [4.78, 5) is 2.30. The molecule has 2 atom stereocenters. The van der Waals surface area contributed by atoms with Crippen LogP contribution in [0, 0.1) is 5.82 Å². The summed E-state index contributed by atoms with van der Waals surface area (Å²) in [6.45, 7) is 6.19. The maximum absolute atomic E-state index is 13.6. The predicted octanol–water partition coefficient (Wildman–Crippen LogP) is 4.49. The molecular formula is C15H21Cl2FN2. The van der Waals surface area contributed by atoms with Crippen molar-refractivity contribution in [2.45, 2.75) is 45.2 Å². The molecule has 0 radical (unpaired) electrons. The van der Waals surface area contributed by atoms with Crippen molar-refractivity contribution in [2.75, 3.05) is 18.0 Å². The number of nitrogens with one attached hydrogen (secondary N) is 1. The molecular weight excluding hydrogens is 298 g/mol. The summed E-state index contributed by atoms with van der Waals surface area (Å²) in [6.07, 6.45) is 3.31. The van der Waals surface area contributed by atoms with Crippen molar-refractivity contribution < 1.29 is 4.39 Å². The maximum Gasteiger partial charge on any atom is 0.160 e. The van der Waals surface area contributed by atoms with Gasteiger partial charge in [-0.2, -0.15) is 0 Å². The van der Waals surface area contributed by atoms with Crippen LogP contribution >= 0.6 is 23.2 Å². The zero-order chi connectivity index (χ0) is 14.7. The van der Waals surface area contributed by atoms with E-state index in [0.717, 1.165) is 38.0 Å². The number of benzene rings is 1. The van der Waals surface area contributed by atoms with E-state index in [1.807, 2.05) is 0 Å². The van der Waals surface area contributed by atoms with Crippen LogP contribution < -0.4 is 10.2 Å². The van der Waals surface area contributed by atoms with Gasteiger partial charge in [0.1, 0.15) is 0 Å². The maximum atomic E-state index is 13.6. The van der Waals surface area contributed by atoms with Gasteiger partial charge in [0, 0.05) is 30.9 Å². The molecule has 2 unspecified atom stereocenters. The van der Waals surface area contributed by atoms with E-state index in [4.69, 9.17) is 23.2 Å². The molecule has 2 nitrogen and oxygen atoms in total. The Labute approximate surface area is 130 Å². The third kappa shape index (κ3) is 3.38. The fourth-order valence-corrected chi connectivity index (χ4v) is 3.27. The summed E-state index contributed by atoms with van der Waals surface area (Å²) >= 11 is 11.9. The summed E-state index contributed by atoms with van der Waals surface area (Å²) in [5.41, 5.74) is 0.913. The fraction of sp³-hybridized carbons (Fsp3) is 0.600. The molecule has 0 aliphatic carbocycles. The lowest BCUT2D eigenvalue weighted by Crippen LogP contribution is -2.56. The second-order valence-corrected chi connectivity index (χ2v) is 6.15. The second-order valence-electron chi connectivity index (χ2n) is 5.33. The van der Waals surface area contributed by atoms with Crippen LogP contribution in [0.2, 0.25) is 10.0 Å². The number of anilines is 1. The third-order valence-corrected chi connectivity index (χ3v) is 4.46. The molecule has 1 aromatic rings. The quantitative estimate of drug-likeness (QED) is 0.823. The molecule has 112 valence electrons. The SMILES string of the molecule is CCCC1CN(c2cc(Cl)c(F)c(Cl)c2)C(CC)CN1. The van der Waals surface area contributed by atoms with Crippen molar-refractivity contribution in [1.29, 1.82) is 0 Å². The first-order chi connectivity index (χ1) is 9.56. The number of hydrogen-bond acceptors (Lipinski definition) is 2. The molecule has 1 N–H and O–H groups in total. The minimum absolute atomic E-state index is 0.0907. The summed E-state index contributed by atoms with van der Waals surface area (Å²) < 4.78 is 13.6. The number of halogens is 3. The van der Waals surface area contributed by atoms with Gasteiger partial charge >= 0.3 is 0 Å². The van der Waals surface area contributed by atoms with Crippen molar-refractivity contribution in [3.8, 4) is 0 Å². The summed E-state index contributed by atoms with van der Waals surface area (Å²) in [7, 11) is 0. The van der Waals surface area contributed by atoms with Gasteiger partial charge in [-0.1, -0.05) is 43.5 Å². The highest BCUT2D eigenvalue weighted by molar-refractivity contribution is 6.35. The van der Waals surface area contributed by atoms with Gasteiger partial charge in [0.2, 0.25) is 0 Å². The lowest BCUT2D eigenvalue weighted by atomic mass is 10.0. The Balaban J connectivity index is 2.26. The summed E-state index contributed by atoms with van der Waals surface area (Å²) in [5.74, 6) is -0.537. The van der Waals surface area contributed by atoms with Crippen molar-refractivity contribution in [1.82, 2.24) is 5.32 Å². The largest absolute Gasteiger partial charge is 0.366 e.